The van der Waals surface area contributed by atoms with Crippen LogP contribution in [0, 0.1) is 11.3 Å². The molecule has 8 heteroatoms. The van der Waals surface area contributed by atoms with E-state index in [1.54, 1.807) is 0 Å². The molecule has 1 atom stereocenters. The first-order valence-corrected chi connectivity index (χ1v) is 7.65. The lowest BCUT2D eigenvalue weighted by molar-refractivity contribution is 0.0804. The van der Waals surface area contributed by atoms with E-state index in [1.807, 2.05) is 30.3 Å². The van der Waals surface area contributed by atoms with Crippen LogP contribution in [0.15, 0.2) is 35.4 Å². The maximum absolute atomic E-state index is 12.2. The first-order chi connectivity index (χ1) is 10.5. The predicted octanol–water partition coefficient (Wildman–Crippen LogP) is 3.82. The molecule has 0 aliphatic heterocycles. The fourth-order valence-corrected chi connectivity index (χ4v) is 2.79. The second-order valence-corrected chi connectivity index (χ2v) is 5.74. The predicted molar refractivity (Wildman–Crippen MR) is 87.5 cm³/mol. The number of amides is 1. The monoisotopic (exact) mass is 352 g/mol. The van der Waals surface area contributed by atoms with Crippen LogP contribution in [-0.4, -0.2) is 28.6 Å². The van der Waals surface area contributed by atoms with E-state index in [0.717, 1.165) is 22.1 Å². The molecule has 1 aromatic heterocycles. The Hall–Kier alpha value is -1.94. The van der Waals surface area contributed by atoms with Crippen LogP contribution in [0.5, 0.6) is 0 Å². The molecular formula is C14H10Cl2N4OS. The van der Waals surface area contributed by atoms with Crippen LogP contribution in [0.2, 0.25) is 10.2 Å². The Labute approximate surface area is 141 Å². The summed E-state index contributed by atoms with van der Waals surface area (Å²) in [4.78, 5) is 12.4. The molecular weight excluding hydrogens is 343 g/mol. The summed E-state index contributed by atoms with van der Waals surface area (Å²) in [7, 11) is 1.47. The van der Waals surface area contributed by atoms with Crippen LogP contribution in [-0.2, 0) is 0 Å². The highest BCUT2D eigenvalue weighted by Crippen LogP contribution is 2.29. The van der Waals surface area contributed by atoms with Crippen molar-refractivity contribution in [2.75, 3.05) is 7.05 Å². The number of hydrogen-bond donors (Lipinski definition) is 0. The molecule has 22 heavy (non-hydrogen) atoms. The molecule has 0 radical (unpaired) electrons. The molecule has 112 valence electrons. The third kappa shape index (κ3) is 3.63. The normalized spacial score (nSPS) is 12.1. The van der Waals surface area contributed by atoms with Crippen LogP contribution < -0.4 is 0 Å². The molecule has 5 nitrogen and oxygen atoms in total. The van der Waals surface area contributed by atoms with E-state index < -0.39 is 11.8 Å². The second-order valence-electron chi connectivity index (χ2n) is 4.23. The van der Waals surface area contributed by atoms with Gasteiger partial charge < -0.3 is 0 Å². The van der Waals surface area contributed by atoms with Crippen molar-refractivity contribution in [2.45, 2.75) is 5.92 Å². The van der Waals surface area contributed by atoms with Gasteiger partial charge in [0, 0.05) is 13.3 Å². The van der Waals surface area contributed by atoms with Gasteiger partial charge in [0.1, 0.15) is 15.8 Å². The molecule has 0 fully saturated rings. The van der Waals surface area contributed by atoms with Crippen LogP contribution in [0.1, 0.15) is 21.2 Å². The maximum Gasteiger partial charge on any atom is 0.286 e. The van der Waals surface area contributed by atoms with Crippen LogP contribution in [0.25, 0.3) is 0 Å². The number of hydrogen-bond acceptors (Lipinski definition) is 5. The molecule has 0 saturated heterocycles. The molecule has 0 bridgehead atoms. The van der Waals surface area contributed by atoms with Crippen LogP contribution in [0.3, 0.4) is 0 Å². The highest BCUT2D eigenvalue weighted by Gasteiger charge is 2.20. The molecule has 0 aliphatic carbocycles. The van der Waals surface area contributed by atoms with Gasteiger partial charge in [0.25, 0.3) is 5.91 Å². The van der Waals surface area contributed by atoms with E-state index >= 15 is 0 Å². The molecule has 1 heterocycles. The lowest BCUT2D eigenvalue weighted by Crippen LogP contribution is -2.21. The number of hydrazone groups is 1. The Morgan fingerprint density at radius 3 is 2.68 bits per heavy atom. The summed E-state index contributed by atoms with van der Waals surface area (Å²) in [6.45, 7) is 0. The topological polar surface area (TPSA) is 69.3 Å². The number of halogens is 2. The largest absolute Gasteiger partial charge is 0.286 e. The van der Waals surface area contributed by atoms with E-state index in [1.165, 1.54) is 13.3 Å². The van der Waals surface area contributed by atoms with Crippen molar-refractivity contribution >= 4 is 46.9 Å². The lowest BCUT2D eigenvalue weighted by Gasteiger charge is -2.10. The average Bonchev–Trinajstić information content (AvgIpc) is 2.87. The fraction of sp³-hybridized carbons (Fsp3) is 0.143. The molecule has 1 aromatic carbocycles. The van der Waals surface area contributed by atoms with E-state index in [-0.39, 0.29) is 15.1 Å². The summed E-state index contributed by atoms with van der Waals surface area (Å²) in [6.07, 6.45) is 1.41. The highest BCUT2D eigenvalue weighted by molar-refractivity contribution is 7.09. The second kappa shape index (κ2) is 7.36. The minimum absolute atomic E-state index is 0.0894. The highest BCUT2D eigenvalue weighted by atomic mass is 35.5. The van der Waals surface area contributed by atoms with Gasteiger partial charge in [0.2, 0.25) is 0 Å². The average molecular weight is 353 g/mol. The van der Waals surface area contributed by atoms with E-state index in [4.69, 9.17) is 23.2 Å². The molecule has 1 amide bonds. The molecule has 0 spiro atoms. The summed E-state index contributed by atoms with van der Waals surface area (Å²) in [6, 6.07) is 11.3. The number of carbonyl (C=O) groups excluding carboxylic acids is 1. The van der Waals surface area contributed by atoms with E-state index in [9.17, 15) is 10.1 Å². The number of carbonyl (C=O) groups is 1. The van der Waals surface area contributed by atoms with Crippen molar-refractivity contribution in [3.05, 3.63) is 50.9 Å². The zero-order valence-corrected chi connectivity index (χ0v) is 13.7. The van der Waals surface area contributed by atoms with Gasteiger partial charge in [-0.05, 0) is 17.1 Å². The first-order valence-electron chi connectivity index (χ1n) is 6.12. The number of aromatic nitrogens is 1. The van der Waals surface area contributed by atoms with Gasteiger partial charge in [-0.3, -0.25) is 4.79 Å². The quantitative estimate of drug-likeness (QED) is 0.620. The molecule has 0 saturated carbocycles. The third-order valence-corrected chi connectivity index (χ3v) is 4.56. The van der Waals surface area contributed by atoms with Gasteiger partial charge in [-0.2, -0.15) is 14.7 Å². The van der Waals surface area contributed by atoms with Crippen LogP contribution in [0.4, 0.5) is 0 Å². The number of benzene rings is 1. The maximum atomic E-state index is 12.2. The van der Waals surface area contributed by atoms with Crippen molar-refractivity contribution in [3.8, 4) is 6.07 Å². The van der Waals surface area contributed by atoms with Crippen molar-refractivity contribution in [1.29, 1.82) is 5.26 Å². The Bertz CT molecular complexity index is 739. The molecule has 0 aliphatic rings. The van der Waals surface area contributed by atoms with E-state index in [2.05, 4.69) is 15.5 Å². The third-order valence-electron chi connectivity index (χ3n) is 2.77. The smallest absolute Gasteiger partial charge is 0.266 e. The van der Waals surface area contributed by atoms with Crippen LogP contribution >= 0.6 is 34.7 Å². The van der Waals surface area contributed by atoms with Gasteiger partial charge in [0.15, 0.2) is 5.15 Å². The number of nitriles is 1. The summed E-state index contributed by atoms with van der Waals surface area (Å²) < 4.78 is 3.80. The number of nitrogens with zero attached hydrogens (tertiary/aromatic N) is 4. The fourth-order valence-electron chi connectivity index (χ4n) is 1.61. The number of rotatable bonds is 4. The Balaban J connectivity index is 2.14. The zero-order chi connectivity index (χ0) is 16.1. The summed E-state index contributed by atoms with van der Waals surface area (Å²) in [5, 5.41) is 14.5. The van der Waals surface area contributed by atoms with Crippen molar-refractivity contribution in [1.82, 2.24) is 9.38 Å². The summed E-state index contributed by atoms with van der Waals surface area (Å²) in [5.41, 5.74) is 0.800. The molecule has 0 N–H and O–H groups in total. The molecule has 1 unspecified atom stereocenters. The minimum Gasteiger partial charge on any atom is -0.266 e. The minimum atomic E-state index is -0.544. The Morgan fingerprint density at radius 2 is 2.14 bits per heavy atom. The molecule has 2 aromatic rings. The van der Waals surface area contributed by atoms with Crippen molar-refractivity contribution in [3.63, 3.8) is 0 Å². The summed E-state index contributed by atoms with van der Waals surface area (Å²) in [5.74, 6) is -0.979. The molecule has 2 rings (SSSR count). The lowest BCUT2D eigenvalue weighted by atomic mass is 10.0. The standard InChI is InChI=1S/C14H10Cl2N4OS/c1-20(14(21)12-11(15)13(16)19-22-12)18-8-10(7-17)9-5-3-2-4-6-9/h2-6,8,10H,1H3. The van der Waals surface area contributed by atoms with Crippen molar-refractivity contribution < 1.29 is 4.79 Å². The van der Waals surface area contributed by atoms with Gasteiger partial charge >= 0.3 is 0 Å². The first kappa shape index (κ1) is 16.4. The van der Waals surface area contributed by atoms with Gasteiger partial charge in [-0.15, -0.1) is 0 Å². The SMILES string of the molecule is CN(N=CC(C#N)c1ccccc1)C(=O)c1snc(Cl)c1Cl. The van der Waals surface area contributed by atoms with E-state index in [0.29, 0.717) is 0 Å². The Kier molecular flexibility index (Phi) is 5.50. The zero-order valence-electron chi connectivity index (χ0n) is 11.4. The van der Waals surface area contributed by atoms with Gasteiger partial charge in [0.05, 0.1) is 6.07 Å². The Morgan fingerprint density at radius 1 is 1.45 bits per heavy atom. The van der Waals surface area contributed by atoms with Crippen molar-refractivity contribution in [2.24, 2.45) is 5.10 Å². The summed E-state index contributed by atoms with van der Waals surface area (Å²) >= 11 is 12.5. The van der Waals surface area contributed by atoms with Gasteiger partial charge in [-0.25, -0.2) is 5.01 Å². The van der Waals surface area contributed by atoms with Gasteiger partial charge in [-0.1, -0.05) is 53.5 Å².